The monoisotopic (exact) mass is 306 g/mol. The average molecular weight is 306 g/mol. The first-order valence-electron chi connectivity index (χ1n) is 6.14. The number of hydrogen-bond acceptors (Lipinski definition) is 4. The molecule has 21 heavy (non-hydrogen) atoms. The number of rotatable bonds is 3. The summed E-state index contributed by atoms with van der Waals surface area (Å²) in [7, 11) is -3.66. The highest BCUT2D eigenvalue weighted by molar-refractivity contribution is 7.95. The van der Waals surface area contributed by atoms with Gasteiger partial charge in [-0.25, -0.2) is 12.8 Å². The van der Waals surface area contributed by atoms with Crippen LogP contribution in [0.1, 0.15) is 5.56 Å². The lowest BCUT2D eigenvalue weighted by molar-refractivity contribution is 0.333. The molecule has 0 unspecified atom stereocenters. The van der Waals surface area contributed by atoms with Gasteiger partial charge in [0.2, 0.25) is 9.84 Å². The molecule has 0 saturated carbocycles. The molecule has 0 bridgehead atoms. The van der Waals surface area contributed by atoms with Gasteiger partial charge in [-0.05, 0) is 42.0 Å². The van der Waals surface area contributed by atoms with Gasteiger partial charge < -0.3 is 9.84 Å². The smallest absolute Gasteiger partial charge is 0.206 e. The van der Waals surface area contributed by atoms with E-state index in [2.05, 4.69) is 0 Å². The van der Waals surface area contributed by atoms with Crippen molar-refractivity contribution >= 4 is 15.9 Å². The Kier molecular flexibility index (Phi) is 3.17. The maximum atomic E-state index is 13.2. The van der Waals surface area contributed by atoms with Gasteiger partial charge >= 0.3 is 0 Å². The largest absolute Gasteiger partial charge is 0.504 e. The lowest BCUT2D eigenvalue weighted by Crippen LogP contribution is -2.09. The Morgan fingerprint density at radius 1 is 1.14 bits per heavy atom. The van der Waals surface area contributed by atoms with Gasteiger partial charge in [0.05, 0.1) is 9.80 Å². The van der Waals surface area contributed by atoms with Crippen LogP contribution >= 0.6 is 0 Å². The predicted molar refractivity (Wildman–Crippen MR) is 75.2 cm³/mol. The first-order valence-corrected chi connectivity index (χ1v) is 7.63. The molecule has 1 N–H and O–H groups in total. The minimum Gasteiger partial charge on any atom is -0.504 e. The summed E-state index contributed by atoms with van der Waals surface area (Å²) >= 11 is 0. The molecule has 1 aliphatic rings. The minimum absolute atomic E-state index is 0.0337. The van der Waals surface area contributed by atoms with Gasteiger partial charge in [-0.3, -0.25) is 0 Å². The number of phenols is 1. The number of para-hydroxylation sites is 2. The number of hydrogen-bond donors (Lipinski definition) is 1. The Balaban J connectivity index is 1.88. The van der Waals surface area contributed by atoms with E-state index in [0.717, 1.165) is 6.07 Å². The molecule has 2 aromatic carbocycles. The van der Waals surface area contributed by atoms with Crippen LogP contribution in [0.5, 0.6) is 11.5 Å². The van der Waals surface area contributed by atoms with E-state index in [1.54, 1.807) is 12.1 Å². The number of fused-ring (bicyclic) bond motifs is 1. The zero-order chi connectivity index (χ0) is 15.0. The predicted octanol–water partition coefficient (Wildman–Crippen LogP) is 2.74. The molecular formula is C15H11FO4S. The molecule has 1 heterocycles. The Morgan fingerprint density at radius 2 is 1.90 bits per heavy atom. The van der Waals surface area contributed by atoms with Crippen LogP contribution in [0.4, 0.5) is 4.39 Å². The molecule has 2 aromatic rings. The lowest BCUT2D eigenvalue weighted by atomic mass is 10.2. The molecule has 0 aromatic heterocycles. The van der Waals surface area contributed by atoms with Crippen LogP contribution in [0.3, 0.4) is 0 Å². The second kappa shape index (κ2) is 4.89. The zero-order valence-corrected chi connectivity index (χ0v) is 11.6. The van der Waals surface area contributed by atoms with E-state index in [-0.39, 0.29) is 27.9 Å². The molecule has 3 rings (SSSR count). The highest BCUT2D eigenvalue weighted by atomic mass is 32.2. The van der Waals surface area contributed by atoms with Crippen LogP contribution in [0, 0.1) is 5.82 Å². The second-order valence-corrected chi connectivity index (χ2v) is 6.52. The first kappa shape index (κ1) is 13.6. The van der Waals surface area contributed by atoms with E-state index in [4.69, 9.17) is 4.74 Å². The molecule has 6 heteroatoms. The normalized spacial score (nSPS) is 15.4. The second-order valence-electron chi connectivity index (χ2n) is 4.55. The van der Waals surface area contributed by atoms with E-state index < -0.39 is 15.7 Å². The third-order valence-corrected chi connectivity index (χ3v) is 5.04. The maximum absolute atomic E-state index is 13.2. The van der Waals surface area contributed by atoms with Crippen molar-refractivity contribution in [3.05, 3.63) is 58.8 Å². The van der Waals surface area contributed by atoms with Crippen molar-refractivity contribution in [2.45, 2.75) is 4.90 Å². The van der Waals surface area contributed by atoms with Crippen LogP contribution in [0.25, 0.3) is 6.08 Å². The molecule has 0 radical (unpaired) electrons. The summed E-state index contributed by atoms with van der Waals surface area (Å²) in [5.41, 5.74) is 0.311. The summed E-state index contributed by atoms with van der Waals surface area (Å²) in [5, 5.41) is 9.58. The molecule has 0 amide bonds. The summed E-state index contributed by atoms with van der Waals surface area (Å²) in [6.07, 6.45) is 1.38. The van der Waals surface area contributed by atoms with E-state index in [9.17, 15) is 17.9 Å². The molecule has 0 saturated heterocycles. The fourth-order valence-corrected chi connectivity index (χ4v) is 3.57. The number of phenolic OH excluding ortho intramolecular Hbond substituents is 1. The van der Waals surface area contributed by atoms with Gasteiger partial charge in [0.1, 0.15) is 12.4 Å². The van der Waals surface area contributed by atoms with Crippen LogP contribution in [-0.2, 0) is 9.84 Å². The average Bonchev–Trinajstić information content (AvgIpc) is 2.68. The van der Waals surface area contributed by atoms with Crippen molar-refractivity contribution < 1.29 is 22.7 Å². The van der Waals surface area contributed by atoms with Gasteiger partial charge in [-0.2, -0.15) is 0 Å². The van der Waals surface area contributed by atoms with E-state index >= 15 is 0 Å². The first-order chi connectivity index (χ1) is 9.98. The number of benzene rings is 2. The Hall–Kier alpha value is -2.34. The van der Waals surface area contributed by atoms with Crippen molar-refractivity contribution in [3.63, 3.8) is 0 Å². The molecule has 108 valence electrons. The number of sulfone groups is 1. The Morgan fingerprint density at radius 3 is 2.67 bits per heavy atom. The third kappa shape index (κ3) is 2.38. The summed E-state index contributed by atoms with van der Waals surface area (Å²) < 4.78 is 43.0. The van der Waals surface area contributed by atoms with Crippen molar-refractivity contribution in [2.24, 2.45) is 0 Å². The van der Waals surface area contributed by atoms with Crippen molar-refractivity contribution in [2.75, 3.05) is 6.61 Å². The highest BCUT2D eigenvalue weighted by Crippen LogP contribution is 2.34. The number of aromatic hydroxyl groups is 1. The maximum Gasteiger partial charge on any atom is 0.206 e. The summed E-state index contributed by atoms with van der Waals surface area (Å²) in [6, 6.07) is 9.78. The number of halogens is 1. The molecule has 1 aliphatic heterocycles. The van der Waals surface area contributed by atoms with Crippen molar-refractivity contribution in [1.29, 1.82) is 0 Å². The molecular weight excluding hydrogens is 295 g/mol. The van der Waals surface area contributed by atoms with Gasteiger partial charge in [0.15, 0.2) is 11.5 Å². The fraction of sp³-hybridized carbons (Fsp3) is 0.0667. The standard InChI is InChI=1S/C15H11FO4S/c16-11-5-6-15-10(7-11)8-12(21(15,18)19)9-20-14-4-2-1-3-13(14)17/h1-8,17H,9H2. The number of ether oxygens (including phenoxy) is 1. The van der Waals surface area contributed by atoms with Crippen molar-refractivity contribution in [3.8, 4) is 11.5 Å². The Labute approximate surface area is 121 Å². The molecule has 0 spiro atoms. The SMILES string of the molecule is O=S1(=O)C(COc2ccccc2O)=Cc2cc(F)ccc21. The van der Waals surface area contributed by atoms with E-state index in [1.165, 1.54) is 30.3 Å². The van der Waals surface area contributed by atoms with Gasteiger partial charge in [-0.15, -0.1) is 0 Å². The Bertz CT molecular complexity index is 841. The van der Waals surface area contributed by atoms with Gasteiger partial charge in [-0.1, -0.05) is 12.1 Å². The molecule has 4 nitrogen and oxygen atoms in total. The van der Waals surface area contributed by atoms with Gasteiger partial charge in [0.25, 0.3) is 0 Å². The lowest BCUT2D eigenvalue weighted by Gasteiger charge is -2.08. The quantitative estimate of drug-likeness (QED) is 0.886. The van der Waals surface area contributed by atoms with E-state index in [1.807, 2.05) is 0 Å². The van der Waals surface area contributed by atoms with Gasteiger partial charge in [0, 0.05) is 0 Å². The zero-order valence-electron chi connectivity index (χ0n) is 10.8. The van der Waals surface area contributed by atoms with Crippen LogP contribution in [0.2, 0.25) is 0 Å². The summed E-state index contributed by atoms with van der Waals surface area (Å²) in [4.78, 5) is 0.103. The van der Waals surface area contributed by atoms with Crippen LogP contribution in [-0.4, -0.2) is 20.1 Å². The summed E-state index contributed by atoms with van der Waals surface area (Å²) in [6.45, 7) is -0.226. The van der Waals surface area contributed by atoms with E-state index in [0.29, 0.717) is 5.56 Å². The fourth-order valence-electron chi connectivity index (χ4n) is 2.12. The van der Waals surface area contributed by atoms with Crippen LogP contribution in [0.15, 0.2) is 52.3 Å². The summed E-state index contributed by atoms with van der Waals surface area (Å²) in [5.74, 6) is -0.379. The highest BCUT2D eigenvalue weighted by Gasteiger charge is 2.30. The van der Waals surface area contributed by atoms with Crippen molar-refractivity contribution in [1.82, 2.24) is 0 Å². The molecule has 0 fully saturated rings. The molecule has 0 aliphatic carbocycles. The topological polar surface area (TPSA) is 63.6 Å². The molecule has 0 atom stereocenters. The van der Waals surface area contributed by atoms with Crippen LogP contribution < -0.4 is 4.74 Å². The third-order valence-electron chi connectivity index (χ3n) is 3.16. The minimum atomic E-state index is -3.66.